The Balaban J connectivity index is 2.24. The SMILES string of the molecule is CCCCCCCCNC(=O)C(C)Oc1ccc(Cl)cc1C. The Bertz CT molecular complexity index is 462. The Morgan fingerprint density at radius 2 is 1.91 bits per heavy atom. The molecule has 1 atom stereocenters. The van der Waals surface area contributed by atoms with Crippen molar-refractivity contribution in [1.82, 2.24) is 5.32 Å². The highest BCUT2D eigenvalue weighted by Gasteiger charge is 2.15. The van der Waals surface area contributed by atoms with Gasteiger partial charge in [-0.3, -0.25) is 4.79 Å². The lowest BCUT2D eigenvalue weighted by molar-refractivity contribution is -0.127. The molecule has 0 bridgehead atoms. The minimum atomic E-state index is -0.500. The summed E-state index contributed by atoms with van der Waals surface area (Å²) in [6, 6.07) is 5.40. The number of unbranched alkanes of at least 4 members (excludes halogenated alkanes) is 5. The van der Waals surface area contributed by atoms with Gasteiger partial charge in [-0.05, 0) is 44.0 Å². The molecule has 4 heteroatoms. The van der Waals surface area contributed by atoms with Crippen molar-refractivity contribution in [3.63, 3.8) is 0 Å². The number of halogens is 1. The summed E-state index contributed by atoms with van der Waals surface area (Å²) >= 11 is 5.91. The van der Waals surface area contributed by atoms with Gasteiger partial charge in [-0.25, -0.2) is 0 Å². The molecule has 0 radical (unpaired) electrons. The summed E-state index contributed by atoms with van der Waals surface area (Å²) in [5.74, 6) is 0.634. The van der Waals surface area contributed by atoms with E-state index in [-0.39, 0.29) is 5.91 Å². The molecule has 1 amide bonds. The molecule has 0 saturated heterocycles. The van der Waals surface area contributed by atoms with E-state index >= 15 is 0 Å². The number of amides is 1. The molecule has 0 aliphatic heterocycles. The summed E-state index contributed by atoms with van der Waals surface area (Å²) in [6.07, 6.45) is 6.81. The number of hydrogen-bond acceptors (Lipinski definition) is 2. The van der Waals surface area contributed by atoms with Crippen LogP contribution in [0.4, 0.5) is 0 Å². The summed E-state index contributed by atoms with van der Waals surface area (Å²) in [4.78, 5) is 12.0. The zero-order valence-electron chi connectivity index (χ0n) is 14.0. The zero-order valence-corrected chi connectivity index (χ0v) is 14.7. The number of carbonyl (C=O) groups excluding carboxylic acids is 1. The molecule has 1 aromatic carbocycles. The summed E-state index contributed by atoms with van der Waals surface area (Å²) in [5, 5.41) is 3.61. The fourth-order valence-corrected chi connectivity index (χ4v) is 2.48. The summed E-state index contributed by atoms with van der Waals surface area (Å²) in [5.41, 5.74) is 0.933. The number of aryl methyl sites for hydroxylation is 1. The van der Waals surface area contributed by atoms with Crippen LogP contribution < -0.4 is 10.1 Å². The smallest absolute Gasteiger partial charge is 0.260 e. The van der Waals surface area contributed by atoms with E-state index in [4.69, 9.17) is 16.3 Å². The molecular formula is C18H28ClNO2. The van der Waals surface area contributed by atoms with Crippen molar-refractivity contribution in [2.24, 2.45) is 0 Å². The van der Waals surface area contributed by atoms with Gasteiger partial charge in [0, 0.05) is 11.6 Å². The predicted molar refractivity (Wildman–Crippen MR) is 92.7 cm³/mol. The van der Waals surface area contributed by atoms with Crippen molar-refractivity contribution in [2.45, 2.75) is 65.4 Å². The molecule has 0 spiro atoms. The van der Waals surface area contributed by atoms with Crippen LogP contribution >= 0.6 is 11.6 Å². The number of benzene rings is 1. The molecule has 22 heavy (non-hydrogen) atoms. The average Bonchev–Trinajstić information content (AvgIpc) is 2.48. The standard InChI is InChI=1S/C18H28ClNO2/c1-4-5-6-7-8-9-12-20-18(21)15(3)22-17-11-10-16(19)13-14(17)2/h10-11,13,15H,4-9,12H2,1-3H3,(H,20,21). The lowest BCUT2D eigenvalue weighted by Crippen LogP contribution is -2.36. The second-order valence-corrected chi connectivity index (χ2v) is 6.17. The van der Waals surface area contributed by atoms with E-state index in [9.17, 15) is 4.79 Å². The highest BCUT2D eigenvalue weighted by molar-refractivity contribution is 6.30. The van der Waals surface area contributed by atoms with Crippen molar-refractivity contribution in [3.05, 3.63) is 28.8 Å². The van der Waals surface area contributed by atoms with Gasteiger partial charge < -0.3 is 10.1 Å². The molecule has 0 aromatic heterocycles. The molecule has 0 heterocycles. The van der Waals surface area contributed by atoms with Crippen molar-refractivity contribution >= 4 is 17.5 Å². The first kappa shape index (κ1) is 18.8. The summed E-state index contributed by atoms with van der Waals surface area (Å²) in [7, 11) is 0. The minimum Gasteiger partial charge on any atom is -0.481 e. The molecule has 0 saturated carbocycles. The molecule has 1 unspecified atom stereocenters. The van der Waals surface area contributed by atoms with E-state index in [1.807, 2.05) is 13.0 Å². The van der Waals surface area contributed by atoms with Gasteiger partial charge in [0.15, 0.2) is 6.10 Å². The van der Waals surface area contributed by atoms with Crippen LogP contribution in [0.25, 0.3) is 0 Å². The first-order valence-corrected chi connectivity index (χ1v) is 8.63. The first-order valence-electron chi connectivity index (χ1n) is 8.25. The van der Waals surface area contributed by atoms with E-state index in [1.165, 1.54) is 32.1 Å². The molecule has 1 aromatic rings. The van der Waals surface area contributed by atoms with Crippen LogP contribution in [0, 0.1) is 6.92 Å². The number of ether oxygens (including phenoxy) is 1. The Morgan fingerprint density at radius 1 is 1.23 bits per heavy atom. The molecular weight excluding hydrogens is 298 g/mol. The second-order valence-electron chi connectivity index (χ2n) is 5.73. The van der Waals surface area contributed by atoms with Gasteiger partial charge >= 0.3 is 0 Å². The fourth-order valence-electron chi connectivity index (χ4n) is 2.25. The van der Waals surface area contributed by atoms with Crippen LogP contribution in [0.2, 0.25) is 5.02 Å². The molecule has 1 rings (SSSR count). The Hall–Kier alpha value is -1.22. The van der Waals surface area contributed by atoms with E-state index in [1.54, 1.807) is 19.1 Å². The van der Waals surface area contributed by atoms with Gasteiger partial charge in [-0.15, -0.1) is 0 Å². The monoisotopic (exact) mass is 325 g/mol. The van der Waals surface area contributed by atoms with Gasteiger partial charge in [0.1, 0.15) is 5.75 Å². The summed E-state index contributed by atoms with van der Waals surface area (Å²) < 4.78 is 5.70. The van der Waals surface area contributed by atoms with E-state index in [0.29, 0.717) is 10.8 Å². The van der Waals surface area contributed by atoms with Crippen molar-refractivity contribution in [3.8, 4) is 5.75 Å². The number of rotatable bonds is 10. The van der Waals surface area contributed by atoms with Crippen LogP contribution in [0.5, 0.6) is 5.75 Å². The van der Waals surface area contributed by atoms with Gasteiger partial charge in [-0.2, -0.15) is 0 Å². The Kier molecular flexibility index (Phi) is 8.98. The lowest BCUT2D eigenvalue weighted by atomic mass is 10.1. The van der Waals surface area contributed by atoms with Gasteiger partial charge in [0.25, 0.3) is 5.91 Å². The second kappa shape index (κ2) is 10.5. The van der Waals surface area contributed by atoms with Gasteiger partial charge in [0.2, 0.25) is 0 Å². The highest BCUT2D eigenvalue weighted by Crippen LogP contribution is 2.22. The van der Waals surface area contributed by atoms with E-state index < -0.39 is 6.10 Å². The number of hydrogen-bond donors (Lipinski definition) is 1. The Labute approximate surface area is 139 Å². The van der Waals surface area contributed by atoms with Crippen LogP contribution in [0.15, 0.2) is 18.2 Å². The van der Waals surface area contributed by atoms with Gasteiger partial charge in [0.05, 0.1) is 0 Å². The van der Waals surface area contributed by atoms with Crippen LogP contribution in [-0.4, -0.2) is 18.6 Å². The molecule has 0 fully saturated rings. The van der Waals surface area contributed by atoms with Crippen LogP contribution in [0.1, 0.15) is 57.9 Å². The first-order chi connectivity index (χ1) is 10.5. The average molecular weight is 326 g/mol. The predicted octanol–water partition coefficient (Wildman–Crippen LogP) is 4.89. The number of nitrogens with one attached hydrogen (secondary N) is 1. The normalized spacial score (nSPS) is 12.0. The third kappa shape index (κ3) is 7.17. The third-order valence-electron chi connectivity index (χ3n) is 3.64. The zero-order chi connectivity index (χ0) is 16.4. The quantitative estimate of drug-likeness (QED) is 0.622. The van der Waals surface area contributed by atoms with Crippen molar-refractivity contribution in [2.75, 3.05) is 6.54 Å². The lowest BCUT2D eigenvalue weighted by Gasteiger charge is -2.16. The maximum absolute atomic E-state index is 12.0. The topological polar surface area (TPSA) is 38.3 Å². The fraction of sp³-hybridized carbons (Fsp3) is 0.611. The van der Waals surface area contributed by atoms with Crippen LogP contribution in [-0.2, 0) is 4.79 Å². The third-order valence-corrected chi connectivity index (χ3v) is 3.87. The van der Waals surface area contributed by atoms with E-state index in [0.717, 1.165) is 18.5 Å². The summed E-state index contributed by atoms with van der Waals surface area (Å²) in [6.45, 7) is 6.62. The highest BCUT2D eigenvalue weighted by atomic mass is 35.5. The molecule has 0 aliphatic carbocycles. The molecule has 3 nitrogen and oxygen atoms in total. The van der Waals surface area contributed by atoms with Crippen LogP contribution in [0.3, 0.4) is 0 Å². The Morgan fingerprint density at radius 3 is 2.59 bits per heavy atom. The maximum atomic E-state index is 12.0. The number of carbonyl (C=O) groups is 1. The molecule has 0 aliphatic rings. The largest absolute Gasteiger partial charge is 0.481 e. The van der Waals surface area contributed by atoms with E-state index in [2.05, 4.69) is 12.2 Å². The molecule has 1 N–H and O–H groups in total. The van der Waals surface area contributed by atoms with Crippen molar-refractivity contribution < 1.29 is 9.53 Å². The van der Waals surface area contributed by atoms with Gasteiger partial charge in [-0.1, -0.05) is 50.6 Å². The minimum absolute atomic E-state index is 0.0668. The van der Waals surface area contributed by atoms with Crippen molar-refractivity contribution in [1.29, 1.82) is 0 Å². The molecule has 124 valence electrons. The maximum Gasteiger partial charge on any atom is 0.260 e.